The van der Waals surface area contributed by atoms with Crippen molar-refractivity contribution in [3.8, 4) is 0 Å². The minimum atomic E-state index is 0.0956. The lowest BCUT2D eigenvalue weighted by atomic mass is 9.97. The molecular formula is C21H27NOS. The number of hydrogen-bond donors (Lipinski definition) is 1. The molecule has 24 heavy (non-hydrogen) atoms. The maximum atomic E-state index is 12.3. The van der Waals surface area contributed by atoms with Crippen molar-refractivity contribution in [2.75, 3.05) is 5.75 Å². The number of carbonyl (C=O) groups is 1. The van der Waals surface area contributed by atoms with Crippen LogP contribution in [0.15, 0.2) is 54.6 Å². The van der Waals surface area contributed by atoms with Gasteiger partial charge in [0.15, 0.2) is 0 Å². The number of nitrogens with one attached hydrogen (secondary N) is 1. The topological polar surface area (TPSA) is 29.1 Å². The van der Waals surface area contributed by atoms with E-state index in [9.17, 15) is 4.79 Å². The average molecular weight is 342 g/mol. The molecule has 1 N–H and O–H groups in total. The van der Waals surface area contributed by atoms with Gasteiger partial charge in [0.2, 0.25) is 5.91 Å². The number of benzene rings is 2. The molecule has 0 aromatic heterocycles. The zero-order valence-corrected chi connectivity index (χ0v) is 15.6. The van der Waals surface area contributed by atoms with Gasteiger partial charge in [-0.3, -0.25) is 4.79 Å². The molecule has 0 aliphatic carbocycles. The smallest absolute Gasteiger partial charge is 0.230 e. The van der Waals surface area contributed by atoms with E-state index in [1.54, 1.807) is 11.8 Å². The van der Waals surface area contributed by atoms with Gasteiger partial charge in [0.25, 0.3) is 0 Å². The molecule has 0 heterocycles. The fourth-order valence-corrected chi connectivity index (χ4v) is 3.52. The molecule has 2 rings (SSSR count). The third kappa shape index (κ3) is 6.40. The quantitative estimate of drug-likeness (QED) is 0.721. The maximum absolute atomic E-state index is 12.3. The second-order valence-electron chi connectivity index (χ2n) is 6.64. The van der Waals surface area contributed by atoms with Gasteiger partial charge in [0.1, 0.15) is 0 Å². The lowest BCUT2D eigenvalue weighted by molar-refractivity contribution is -0.119. The Bertz CT molecular complexity index is 639. The molecule has 0 aliphatic rings. The molecule has 2 aromatic carbocycles. The van der Waals surface area contributed by atoms with Gasteiger partial charge in [0, 0.05) is 5.75 Å². The first kappa shape index (κ1) is 18.6. The summed E-state index contributed by atoms with van der Waals surface area (Å²) in [5.41, 5.74) is 3.72. The minimum absolute atomic E-state index is 0.0956. The molecule has 1 unspecified atom stereocenters. The van der Waals surface area contributed by atoms with Gasteiger partial charge in [0.05, 0.1) is 11.8 Å². The lowest BCUT2D eigenvalue weighted by Crippen LogP contribution is -2.30. The summed E-state index contributed by atoms with van der Waals surface area (Å²) >= 11 is 1.67. The Morgan fingerprint density at radius 3 is 2.50 bits per heavy atom. The number of carbonyl (C=O) groups excluding carboxylic acids is 1. The molecule has 0 aliphatic heterocycles. The molecule has 0 radical (unpaired) electrons. The van der Waals surface area contributed by atoms with E-state index in [0.29, 0.717) is 11.7 Å². The molecule has 0 fully saturated rings. The summed E-state index contributed by atoms with van der Waals surface area (Å²) in [4.78, 5) is 12.3. The molecule has 0 bridgehead atoms. The third-order valence-corrected chi connectivity index (χ3v) is 4.83. The maximum Gasteiger partial charge on any atom is 0.230 e. The van der Waals surface area contributed by atoms with Crippen molar-refractivity contribution in [3.63, 3.8) is 0 Å². The number of aryl methyl sites for hydroxylation is 1. The molecule has 0 saturated carbocycles. The van der Waals surface area contributed by atoms with Crippen LogP contribution in [0, 0.1) is 12.8 Å². The van der Waals surface area contributed by atoms with E-state index in [0.717, 1.165) is 12.2 Å². The summed E-state index contributed by atoms with van der Waals surface area (Å²) in [7, 11) is 0. The molecule has 1 amide bonds. The van der Waals surface area contributed by atoms with E-state index >= 15 is 0 Å². The summed E-state index contributed by atoms with van der Waals surface area (Å²) in [6, 6.07) is 18.8. The number of thioether (sulfide) groups is 1. The first-order valence-corrected chi connectivity index (χ1v) is 9.67. The molecule has 0 spiro atoms. The zero-order valence-electron chi connectivity index (χ0n) is 14.8. The molecule has 3 heteroatoms. The first-order valence-electron chi connectivity index (χ1n) is 8.52. The van der Waals surface area contributed by atoms with Crippen LogP contribution < -0.4 is 5.32 Å². The predicted molar refractivity (Wildman–Crippen MR) is 104 cm³/mol. The van der Waals surface area contributed by atoms with E-state index in [-0.39, 0.29) is 11.9 Å². The normalized spacial score (nSPS) is 12.2. The highest BCUT2D eigenvalue weighted by Gasteiger charge is 2.15. The SMILES string of the molecule is Cc1cccc(CSCC(=O)NC(CC(C)C)c2ccccc2)c1. The number of hydrogen-bond acceptors (Lipinski definition) is 2. The monoisotopic (exact) mass is 341 g/mol. The predicted octanol–water partition coefficient (Wildman–Crippen LogP) is 5.13. The average Bonchev–Trinajstić information content (AvgIpc) is 2.55. The summed E-state index contributed by atoms with van der Waals surface area (Å²) < 4.78 is 0. The molecule has 0 saturated heterocycles. The first-order chi connectivity index (χ1) is 11.5. The summed E-state index contributed by atoms with van der Waals surface area (Å²) in [5.74, 6) is 2.02. The van der Waals surface area contributed by atoms with Crippen molar-refractivity contribution in [3.05, 3.63) is 71.3 Å². The van der Waals surface area contributed by atoms with Gasteiger partial charge in [-0.25, -0.2) is 0 Å². The third-order valence-electron chi connectivity index (χ3n) is 3.83. The van der Waals surface area contributed by atoms with Crippen molar-refractivity contribution in [1.82, 2.24) is 5.32 Å². The van der Waals surface area contributed by atoms with Crippen molar-refractivity contribution in [2.45, 2.75) is 39.0 Å². The van der Waals surface area contributed by atoms with E-state index in [4.69, 9.17) is 0 Å². The van der Waals surface area contributed by atoms with E-state index in [2.05, 4.69) is 62.5 Å². The molecule has 2 aromatic rings. The number of rotatable bonds is 8. The molecular weight excluding hydrogens is 314 g/mol. The Morgan fingerprint density at radius 1 is 1.08 bits per heavy atom. The van der Waals surface area contributed by atoms with Crippen LogP contribution in [-0.2, 0) is 10.5 Å². The molecule has 2 nitrogen and oxygen atoms in total. The Kier molecular flexibility index (Phi) is 7.38. The highest BCUT2D eigenvalue weighted by molar-refractivity contribution is 7.99. The van der Waals surface area contributed by atoms with Gasteiger partial charge >= 0.3 is 0 Å². The second kappa shape index (κ2) is 9.53. The molecule has 1 atom stereocenters. The van der Waals surface area contributed by atoms with Gasteiger partial charge in [-0.05, 0) is 30.4 Å². The second-order valence-corrected chi connectivity index (χ2v) is 7.63. The van der Waals surface area contributed by atoms with Crippen LogP contribution in [0.5, 0.6) is 0 Å². The van der Waals surface area contributed by atoms with Gasteiger partial charge < -0.3 is 5.32 Å². The van der Waals surface area contributed by atoms with E-state index in [1.807, 2.05) is 18.2 Å². The largest absolute Gasteiger partial charge is 0.349 e. The number of amides is 1. The highest BCUT2D eigenvalue weighted by atomic mass is 32.2. The van der Waals surface area contributed by atoms with Gasteiger partial charge in [-0.15, -0.1) is 11.8 Å². The Morgan fingerprint density at radius 2 is 1.83 bits per heavy atom. The van der Waals surface area contributed by atoms with Crippen LogP contribution >= 0.6 is 11.8 Å². The van der Waals surface area contributed by atoms with Crippen LogP contribution in [0.3, 0.4) is 0 Å². The van der Waals surface area contributed by atoms with E-state index in [1.165, 1.54) is 16.7 Å². The Labute approximate surface area is 150 Å². The van der Waals surface area contributed by atoms with Crippen molar-refractivity contribution in [1.29, 1.82) is 0 Å². The lowest BCUT2D eigenvalue weighted by Gasteiger charge is -2.21. The van der Waals surface area contributed by atoms with Crippen LogP contribution in [0.1, 0.15) is 43.0 Å². The van der Waals surface area contributed by atoms with Crippen LogP contribution in [0.2, 0.25) is 0 Å². The zero-order chi connectivity index (χ0) is 17.4. The molecule has 128 valence electrons. The highest BCUT2D eigenvalue weighted by Crippen LogP contribution is 2.21. The van der Waals surface area contributed by atoms with Crippen molar-refractivity contribution < 1.29 is 4.79 Å². The van der Waals surface area contributed by atoms with Crippen LogP contribution in [-0.4, -0.2) is 11.7 Å². The van der Waals surface area contributed by atoms with Gasteiger partial charge in [-0.2, -0.15) is 0 Å². The van der Waals surface area contributed by atoms with Crippen LogP contribution in [0.25, 0.3) is 0 Å². The van der Waals surface area contributed by atoms with Gasteiger partial charge in [-0.1, -0.05) is 74.0 Å². The van der Waals surface area contributed by atoms with Crippen molar-refractivity contribution in [2.24, 2.45) is 5.92 Å². The fraction of sp³-hybridized carbons (Fsp3) is 0.381. The van der Waals surface area contributed by atoms with Crippen molar-refractivity contribution >= 4 is 17.7 Å². The van der Waals surface area contributed by atoms with Crippen LogP contribution in [0.4, 0.5) is 0 Å². The summed E-state index contributed by atoms with van der Waals surface area (Å²) in [5, 5.41) is 3.20. The standard InChI is InChI=1S/C21H27NOS/c1-16(2)12-20(19-10-5-4-6-11-19)22-21(23)15-24-14-18-9-7-8-17(3)13-18/h4-11,13,16,20H,12,14-15H2,1-3H3,(H,22,23). The Hall–Kier alpha value is -1.74. The fourth-order valence-electron chi connectivity index (χ4n) is 2.73. The van der Waals surface area contributed by atoms with E-state index < -0.39 is 0 Å². The summed E-state index contributed by atoms with van der Waals surface area (Å²) in [6.07, 6.45) is 0.957. The minimum Gasteiger partial charge on any atom is -0.349 e. The Balaban J connectivity index is 1.86. The summed E-state index contributed by atoms with van der Waals surface area (Å²) in [6.45, 7) is 6.47.